The maximum absolute atomic E-state index is 12.9. The molecule has 0 amide bonds. The van der Waals surface area contributed by atoms with Gasteiger partial charge in [0.15, 0.2) is 0 Å². The first kappa shape index (κ1) is 32.0. The normalized spacial score (nSPS) is 17.3. The van der Waals surface area contributed by atoms with E-state index in [9.17, 15) is 4.79 Å². The van der Waals surface area contributed by atoms with Gasteiger partial charge in [-0.15, -0.1) is 0 Å². The molecule has 1 aliphatic carbocycles. The summed E-state index contributed by atoms with van der Waals surface area (Å²) in [7, 11) is 0. The molecule has 0 spiro atoms. The molecule has 206 valence electrons. The standard InChI is InChI=1S/C31H46O3S3/c1-7-10-13-14-24-20-27(33-30(32)36-17-11-8-2)29(26-19-23(6)15-16-25(26)22(4)5)28(21-24)34-31(35)37-18-12-9-3/h19-21,25-26H,4,7-18H2,1-3,5-6H3/t25-,26+/m0/s1. The average Bonchev–Trinajstić information content (AvgIpc) is 2.84. The Bertz CT molecular complexity index is 893. The number of aryl methyl sites for hydroxylation is 1. The average molecular weight is 563 g/mol. The van der Waals surface area contributed by atoms with Gasteiger partial charge in [0.25, 0.3) is 0 Å². The van der Waals surface area contributed by atoms with E-state index in [-0.39, 0.29) is 17.1 Å². The smallest absolute Gasteiger partial charge is 0.372 e. The summed E-state index contributed by atoms with van der Waals surface area (Å²) < 4.78 is 13.1. The number of hydrogen-bond acceptors (Lipinski definition) is 6. The van der Waals surface area contributed by atoms with Crippen LogP contribution in [0.2, 0.25) is 0 Å². The molecule has 1 aliphatic rings. The summed E-state index contributed by atoms with van der Waals surface area (Å²) in [6, 6.07) is 4.20. The number of benzene rings is 1. The van der Waals surface area contributed by atoms with Crippen molar-refractivity contribution in [3.05, 3.63) is 47.1 Å². The molecule has 6 heteroatoms. The monoisotopic (exact) mass is 562 g/mol. The number of thioether (sulfide) groups is 2. The fourth-order valence-corrected chi connectivity index (χ4v) is 6.46. The predicted octanol–water partition coefficient (Wildman–Crippen LogP) is 10.7. The van der Waals surface area contributed by atoms with Crippen LogP contribution in [-0.4, -0.2) is 21.2 Å². The van der Waals surface area contributed by atoms with E-state index < -0.39 is 0 Å². The molecule has 2 rings (SSSR count). The van der Waals surface area contributed by atoms with Gasteiger partial charge >= 0.3 is 5.30 Å². The van der Waals surface area contributed by atoms with Crippen molar-refractivity contribution in [3.63, 3.8) is 0 Å². The Morgan fingerprint density at radius 2 is 1.62 bits per heavy atom. The van der Waals surface area contributed by atoms with Crippen molar-refractivity contribution in [2.45, 2.75) is 105 Å². The maximum atomic E-state index is 12.9. The topological polar surface area (TPSA) is 35.5 Å². The van der Waals surface area contributed by atoms with Crippen LogP contribution in [0.3, 0.4) is 0 Å². The van der Waals surface area contributed by atoms with E-state index in [1.165, 1.54) is 17.3 Å². The number of unbranched alkanes of at least 4 members (excludes halogenated alkanes) is 4. The molecule has 0 saturated carbocycles. The quantitative estimate of drug-likeness (QED) is 0.0971. The summed E-state index contributed by atoms with van der Waals surface area (Å²) in [5.74, 6) is 3.32. The van der Waals surface area contributed by atoms with Gasteiger partial charge in [-0.05, 0) is 100.0 Å². The molecule has 3 nitrogen and oxygen atoms in total. The molecule has 37 heavy (non-hydrogen) atoms. The Morgan fingerprint density at radius 3 is 2.24 bits per heavy atom. The van der Waals surface area contributed by atoms with Crippen LogP contribution in [0.15, 0.2) is 35.9 Å². The number of allylic oxidation sites excluding steroid dienone is 3. The predicted molar refractivity (Wildman–Crippen MR) is 168 cm³/mol. The van der Waals surface area contributed by atoms with Crippen LogP contribution in [0.25, 0.3) is 0 Å². The number of ether oxygens (including phenoxy) is 2. The van der Waals surface area contributed by atoms with Crippen LogP contribution in [0, 0.1) is 5.92 Å². The molecule has 0 N–H and O–H groups in total. The van der Waals surface area contributed by atoms with Crippen LogP contribution in [0.5, 0.6) is 11.5 Å². The third kappa shape index (κ3) is 10.8. The number of carbonyl (C=O) groups excluding carboxylic acids is 1. The van der Waals surface area contributed by atoms with Crippen molar-refractivity contribution < 1.29 is 14.3 Å². The Hall–Kier alpha value is -1.24. The van der Waals surface area contributed by atoms with Gasteiger partial charge in [0.1, 0.15) is 11.5 Å². The molecule has 0 unspecified atom stereocenters. The van der Waals surface area contributed by atoms with Crippen LogP contribution in [0.1, 0.15) is 109 Å². The molecule has 0 aliphatic heterocycles. The largest absolute Gasteiger partial charge is 0.439 e. The van der Waals surface area contributed by atoms with Gasteiger partial charge in [-0.1, -0.05) is 82.0 Å². The fraction of sp³-hybridized carbons (Fsp3) is 0.613. The minimum absolute atomic E-state index is 0.0258. The second-order valence-electron chi connectivity index (χ2n) is 10.1. The Balaban J connectivity index is 2.57. The molecule has 1 aromatic rings. The van der Waals surface area contributed by atoms with Crippen LogP contribution >= 0.6 is 35.7 Å². The minimum atomic E-state index is -0.255. The zero-order valence-corrected chi connectivity index (χ0v) is 26.0. The van der Waals surface area contributed by atoms with Crippen LogP contribution < -0.4 is 9.47 Å². The molecule has 1 aromatic carbocycles. The van der Waals surface area contributed by atoms with Gasteiger partial charge in [-0.3, -0.25) is 0 Å². The summed E-state index contributed by atoms with van der Waals surface area (Å²) in [5, 5.41) is -0.255. The summed E-state index contributed by atoms with van der Waals surface area (Å²) in [6.07, 6.45) is 13.0. The number of hydrogen-bond donors (Lipinski definition) is 0. The first-order chi connectivity index (χ1) is 17.8. The highest BCUT2D eigenvalue weighted by molar-refractivity contribution is 8.22. The van der Waals surface area contributed by atoms with Gasteiger partial charge < -0.3 is 9.47 Å². The first-order valence-electron chi connectivity index (χ1n) is 14.0. The van der Waals surface area contributed by atoms with Crippen molar-refractivity contribution in [3.8, 4) is 11.5 Å². The van der Waals surface area contributed by atoms with Crippen molar-refractivity contribution in [2.75, 3.05) is 11.5 Å². The fourth-order valence-electron chi connectivity index (χ4n) is 4.62. The van der Waals surface area contributed by atoms with Gasteiger partial charge in [0.2, 0.25) is 4.38 Å². The maximum Gasteiger partial charge on any atom is 0.372 e. The van der Waals surface area contributed by atoms with Crippen LogP contribution in [-0.2, 0) is 6.42 Å². The molecular formula is C31H46O3S3. The highest BCUT2D eigenvalue weighted by Crippen LogP contribution is 2.48. The number of thiocarbonyl (C=S) groups is 1. The Labute approximate surface area is 239 Å². The zero-order valence-electron chi connectivity index (χ0n) is 23.5. The minimum Gasteiger partial charge on any atom is -0.439 e. The summed E-state index contributed by atoms with van der Waals surface area (Å²) >= 11 is 8.50. The lowest BCUT2D eigenvalue weighted by atomic mass is 9.73. The number of carbonyl (C=O) groups is 1. The SMILES string of the molecule is C=C(C)[C@@H]1CCC(C)=C[C@H]1c1c(OC(=O)SCCCC)cc(CCCCC)cc1OC(=S)SCCCC. The summed E-state index contributed by atoms with van der Waals surface area (Å²) in [5.41, 5.74) is 4.53. The van der Waals surface area contributed by atoms with E-state index in [1.54, 1.807) is 11.8 Å². The molecule has 0 heterocycles. The second kappa shape index (κ2) is 17.4. The van der Waals surface area contributed by atoms with E-state index in [1.807, 2.05) is 0 Å². The third-order valence-electron chi connectivity index (χ3n) is 6.77. The van der Waals surface area contributed by atoms with Crippen molar-refractivity contribution >= 4 is 45.4 Å². The lowest BCUT2D eigenvalue weighted by Gasteiger charge is -2.32. The van der Waals surface area contributed by atoms with Crippen LogP contribution in [0.4, 0.5) is 4.79 Å². The Kier molecular flexibility index (Phi) is 15.0. The van der Waals surface area contributed by atoms with Gasteiger partial charge in [-0.25, -0.2) is 4.79 Å². The van der Waals surface area contributed by atoms with Gasteiger partial charge in [0.05, 0.1) is 0 Å². The summed E-state index contributed by atoms with van der Waals surface area (Å²) in [4.78, 5) is 12.9. The highest BCUT2D eigenvalue weighted by Gasteiger charge is 2.32. The molecule has 0 bridgehead atoms. The highest BCUT2D eigenvalue weighted by atomic mass is 32.2. The lowest BCUT2D eigenvalue weighted by Crippen LogP contribution is -2.20. The van der Waals surface area contributed by atoms with Gasteiger partial charge in [0, 0.05) is 23.0 Å². The van der Waals surface area contributed by atoms with E-state index in [0.29, 0.717) is 10.1 Å². The molecule has 0 fully saturated rings. The zero-order chi connectivity index (χ0) is 27.2. The molecule has 2 atom stereocenters. The third-order valence-corrected chi connectivity index (χ3v) is 8.83. The van der Waals surface area contributed by atoms with Crippen molar-refractivity contribution in [2.24, 2.45) is 5.92 Å². The van der Waals surface area contributed by atoms with Crippen molar-refractivity contribution in [1.29, 1.82) is 0 Å². The second-order valence-corrected chi connectivity index (χ2v) is 12.8. The van der Waals surface area contributed by atoms with Crippen molar-refractivity contribution in [1.82, 2.24) is 0 Å². The molecular weight excluding hydrogens is 517 g/mol. The number of rotatable bonds is 14. The Morgan fingerprint density at radius 1 is 1.00 bits per heavy atom. The van der Waals surface area contributed by atoms with E-state index in [2.05, 4.69) is 59.4 Å². The molecule has 0 aromatic heterocycles. The van der Waals surface area contributed by atoms with E-state index in [0.717, 1.165) is 98.2 Å². The molecule has 0 radical (unpaired) electrons. The lowest BCUT2D eigenvalue weighted by molar-refractivity contribution is 0.226. The molecule has 0 saturated heterocycles. The van der Waals surface area contributed by atoms with Gasteiger partial charge in [-0.2, -0.15) is 0 Å². The summed E-state index contributed by atoms with van der Waals surface area (Å²) in [6.45, 7) is 15.1. The van der Waals surface area contributed by atoms with E-state index >= 15 is 0 Å². The van der Waals surface area contributed by atoms with E-state index in [4.69, 9.17) is 21.7 Å². The first-order valence-corrected chi connectivity index (χ1v) is 16.4.